The van der Waals surface area contributed by atoms with Crippen molar-refractivity contribution in [1.29, 1.82) is 0 Å². The lowest BCUT2D eigenvalue weighted by atomic mass is 10.0. The third kappa shape index (κ3) is 3.90. The number of carbonyl (C=O) groups excluding carboxylic acids is 1. The van der Waals surface area contributed by atoms with Crippen molar-refractivity contribution >= 4 is 5.91 Å². The molecule has 88 valence electrons. The van der Waals surface area contributed by atoms with E-state index in [-0.39, 0.29) is 12.5 Å². The Labute approximate surface area is 95.6 Å². The number of ether oxygens (including phenoxy) is 1. The van der Waals surface area contributed by atoms with Crippen molar-refractivity contribution in [2.45, 2.75) is 25.8 Å². The van der Waals surface area contributed by atoms with Crippen LogP contribution in [0.4, 0.5) is 0 Å². The van der Waals surface area contributed by atoms with Gasteiger partial charge in [-0.3, -0.25) is 4.79 Å². The molecule has 0 saturated heterocycles. The van der Waals surface area contributed by atoms with Gasteiger partial charge in [-0.25, -0.2) is 0 Å². The molecule has 16 heavy (non-hydrogen) atoms. The second kappa shape index (κ2) is 6.12. The summed E-state index contributed by atoms with van der Waals surface area (Å²) in [7, 11) is 0. The fourth-order valence-corrected chi connectivity index (χ4v) is 1.39. The Balaban J connectivity index is 2.69. The van der Waals surface area contributed by atoms with E-state index in [1.807, 2.05) is 31.2 Å². The number of rotatable bonds is 6. The predicted molar refractivity (Wildman–Crippen MR) is 63.0 cm³/mol. The number of hydrogen-bond donors (Lipinski definition) is 2. The fourth-order valence-electron chi connectivity index (χ4n) is 1.39. The van der Waals surface area contributed by atoms with E-state index in [9.17, 15) is 4.79 Å². The third-order valence-corrected chi connectivity index (χ3v) is 2.18. The first-order valence-electron chi connectivity index (χ1n) is 5.40. The highest BCUT2D eigenvalue weighted by atomic mass is 16.5. The van der Waals surface area contributed by atoms with Crippen molar-refractivity contribution in [2.75, 3.05) is 6.61 Å². The van der Waals surface area contributed by atoms with Gasteiger partial charge in [-0.15, -0.1) is 0 Å². The first-order valence-corrected chi connectivity index (χ1v) is 5.40. The SMILES string of the molecule is CCCOc1cccc([C@@H](N)CC(N)=O)c1. The highest BCUT2D eigenvalue weighted by Gasteiger charge is 2.09. The molecule has 1 amide bonds. The standard InChI is InChI=1S/C12H18N2O2/c1-2-6-16-10-5-3-4-9(7-10)11(13)8-12(14)15/h3-5,7,11H,2,6,8,13H2,1H3,(H2,14,15)/t11-/m0/s1. The summed E-state index contributed by atoms with van der Waals surface area (Å²) in [6, 6.07) is 7.09. The summed E-state index contributed by atoms with van der Waals surface area (Å²) in [6.45, 7) is 2.72. The highest BCUT2D eigenvalue weighted by Crippen LogP contribution is 2.19. The molecule has 0 fully saturated rings. The Morgan fingerprint density at radius 2 is 2.25 bits per heavy atom. The number of primary amides is 1. The Morgan fingerprint density at radius 3 is 2.88 bits per heavy atom. The minimum atomic E-state index is -0.396. The molecule has 0 radical (unpaired) electrons. The van der Waals surface area contributed by atoms with Crippen LogP contribution in [0.5, 0.6) is 5.75 Å². The van der Waals surface area contributed by atoms with Crippen molar-refractivity contribution in [2.24, 2.45) is 11.5 Å². The Morgan fingerprint density at radius 1 is 1.50 bits per heavy atom. The smallest absolute Gasteiger partial charge is 0.219 e. The molecule has 0 heterocycles. The molecule has 0 unspecified atom stereocenters. The fraction of sp³-hybridized carbons (Fsp3) is 0.417. The molecule has 4 heteroatoms. The van der Waals surface area contributed by atoms with Crippen LogP contribution in [0.25, 0.3) is 0 Å². The van der Waals surface area contributed by atoms with Crippen LogP contribution in [0.3, 0.4) is 0 Å². The number of hydrogen-bond acceptors (Lipinski definition) is 3. The third-order valence-electron chi connectivity index (χ3n) is 2.18. The average molecular weight is 222 g/mol. The maximum absolute atomic E-state index is 10.8. The van der Waals surface area contributed by atoms with Gasteiger partial charge in [0.1, 0.15) is 5.75 Å². The van der Waals surface area contributed by atoms with Crippen LogP contribution in [0, 0.1) is 0 Å². The summed E-state index contributed by atoms with van der Waals surface area (Å²) < 4.78 is 5.48. The van der Waals surface area contributed by atoms with Crippen LogP contribution >= 0.6 is 0 Å². The zero-order valence-corrected chi connectivity index (χ0v) is 9.48. The van der Waals surface area contributed by atoms with Crippen molar-refractivity contribution in [1.82, 2.24) is 0 Å². The lowest BCUT2D eigenvalue weighted by molar-refractivity contribution is -0.118. The molecule has 1 rings (SSSR count). The van der Waals surface area contributed by atoms with Gasteiger partial charge in [0.25, 0.3) is 0 Å². The van der Waals surface area contributed by atoms with E-state index in [2.05, 4.69) is 0 Å². The average Bonchev–Trinajstić information content (AvgIpc) is 2.26. The Kier molecular flexibility index (Phi) is 4.79. The summed E-state index contributed by atoms with van der Waals surface area (Å²) >= 11 is 0. The summed E-state index contributed by atoms with van der Waals surface area (Å²) in [4.78, 5) is 10.8. The molecule has 0 aromatic heterocycles. The monoisotopic (exact) mass is 222 g/mol. The molecule has 1 aromatic carbocycles. The molecule has 0 aliphatic carbocycles. The minimum absolute atomic E-state index is 0.150. The van der Waals surface area contributed by atoms with Gasteiger partial charge in [-0.1, -0.05) is 19.1 Å². The van der Waals surface area contributed by atoms with Gasteiger partial charge in [0.05, 0.1) is 6.61 Å². The summed E-state index contributed by atoms with van der Waals surface area (Å²) in [5.41, 5.74) is 11.8. The quantitative estimate of drug-likeness (QED) is 0.762. The van der Waals surface area contributed by atoms with Gasteiger partial charge >= 0.3 is 0 Å². The molecular formula is C12H18N2O2. The van der Waals surface area contributed by atoms with E-state index in [1.54, 1.807) is 0 Å². The lowest BCUT2D eigenvalue weighted by Gasteiger charge is -2.11. The first kappa shape index (κ1) is 12.5. The molecule has 1 aromatic rings. The maximum Gasteiger partial charge on any atom is 0.219 e. The van der Waals surface area contributed by atoms with E-state index in [0.29, 0.717) is 6.61 Å². The Bertz CT molecular complexity index is 353. The highest BCUT2D eigenvalue weighted by molar-refractivity contribution is 5.74. The molecule has 0 bridgehead atoms. The molecular weight excluding hydrogens is 204 g/mol. The number of carbonyl (C=O) groups is 1. The lowest BCUT2D eigenvalue weighted by Crippen LogP contribution is -2.20. The molecule has 0 spiro atoms. The molecule has 0 aliphatic rings. The number of amides is 1. The summed E-state index contributed by atoms with van der Waals surface area (Å²) in [5.74, 6) is 0.381. The molecule has 0 saturated carbocycles. The van der Waals surface area contributed by atoms with Crippen LogP contribution < -0.4 is 16.2 Å². The minimum Gasteiger partial charge on any atom is -0.494 e. The van der Waals surface area contributed by atoms with Crippen LogP contribution in [0.15, 0.2) is 24.3 Å². The van der Waals surface area contributed by atoms with Crippen LogP contribution in [-0.2, 0) is 4.79 Å². The van der Waals surface area contributed by atoms with Crippen LogP contribution in [-0.4, -0.2) is 12.5 Å². The molecule has 0 aliphatic heterocycles. The van der Waals surface area contributed by atoms with Gasteiger partial charge in [-0.2, -0.15) is 0 Å². The van der Waals surface area contributed by atoms with Crippen LogP contribution in [0.1, 0.15) is 31.4 Å². The number of benzene rings is 1. The second-order valence-electron chi connectivity index (χ2n) is 3.70. The summed E-state index contributed by atoms with van der Waals surface area (Å²) in [5, 5.41) is 0. The molecule has 4 N–H and O–H groups in total. The maximum atomic E-state index is 10.8. The Hall–Kier alpha value is -1.55. The first-order chi connectivity index (χ1) is 7.63. The normalized spacial score (nSPS) is 12.1. The zero-order valence-electron chi connectivity index (χ0n) is 9.48. The van der Waals surface area contributed by atoms with Gasteiger partial charge in [0.15, 0.2) is 0 Å². The van der Waals surface area contributed by atoms with Crippen LogP contribution in [0.2, 0.25) is 0 Å². The molecule has 1 atom stereocenters. The van der Waals surface area contributed by atoms with E-state index >= 15 is 0 Å². The number of nitrogens with two attached hydrogens (primary N) is 2. The second-order valence-corrected chi connectivity index (χ2v) is 3.70. The van der Waals surface area contributed by atoms with E-state index < -0.39 is 5.91 Å². The zero-order chi connectivity index (χ0) is 12.0. The predicted octanol–water partition coefficient (Wildman–Crippen LogP) is 1.35. The molecule has 4 nitrogen and oxygen atoms in total. The van der Waals surface area contributed by atoms with Gasteiger partial charge in [-0.05, 0) is 24.1 Å². The largest absolute Gasteiger partial charge is 0.494 e. The van der Waals surface area contributed by atoms with E-state index in [0.717, 1.165) is 17.7 Å². The topological polar surface area (TPSA) is 78.3 Å². The van der Waals surface area contributed by atoms with Gasteiger partial charge < -0.3 is 16.2 Å². The van der Waals surface area contributed by atoms with Gasteiger partial charge in [0, 0.05) is 12.5 Å². The van der Waals surface area contributed by atoms with Crippen molar-refractivity contribution in [3.05, 3.63) is 29.8 Å². The van der Waals surface area contributed by atoms with Gasteiger partial charge in [0.2, 0.25) is 5.91 Å². The van der Waals surface area contributed by atoms with Crippen molar-refractivity contribution in [3.63, 3.8) is 0 Å². The summed E-state index contributed by atoms with van der Waals surface area (Å²) in [6.07, 6.45) is 1.11. The van der Waals surface area contributed by atoms with Crippen molar-refractivity contribution in [3.8, 4) is 5.75 Å². The van der Waals surface area contributed by atoms with E-state index in [1.165, 1.54) is 0 Å². The van der Waals surface area contributed by atoms with E-state index in [4.69, 9.17) is 16.2 Å². The van der Waals surface area contributed by atoms with Crippen molar-refractivity contribution < 1.29 is 9.53 Å².